The standard InChI is InChI=1S/C26H31N3O2/c1-25-10-4-7-21(25)20-16-29(24(31)28-18-6-3-5-17(13-18)15-27)23-14-19(30)8-12-26(23,2)22(20)9-11-25/h3,5-6,13-14,20-22H,4,7-12,16H2,1-2H3,(H,28,31)/t20-,21-,22-,25-,26+/m0/s1. The number of anilines is 1. The third kappa shape index (κ3) is 3.19. The van der Waals surface area contributed by atoms with Gasteiger partial charge in [0.25, 0.3) is 0 Å². The van der Waals surface area contributed by atoms with E-state index in [0.717, 1.165) is 12.1 Å². The van der Waals surface area contributed by atoms with Crippen LogP contribution in [0.15, 0.2) is 36.0 Å². The number of rotatable bonds is 1. The zero-order chi connectivity index (χ0) is 21.8. The smallest absolute Gasteiger partial charge is 0.308 e. The Hall–Kier alpha value is -2.61. The molecule has 3 aliphatic carbocycles. The number of urea groups is 1. The Labute approximate surface area is 184 Å². The van der Waals surface area contributed by atoms with Crippen molar-refractivity contribution in [3.8, 4) is 6.07 Å². The second-order valence-electron chi connectivity index (χ2n) is 10.6. The lowest BCUT2D eigenvalue weighted by Crippen LogP contribution is -2.59. The van der Waals surface area contributed by atoms with Gasteiger partial charge in [0, 0.05) is 35.8 Å². The van der Waals surface area contributed by atoms with Gasteiger partial charge >= 0.3 is 6.03 Å². The molecule has 1 heterocycles. The van der Waals surface area contributed by atoms with E-state index in [1.165, 1.54) is 32.1 Å². The third-order valence-corrected chi connectivity index (χ3v) is 8.98. The minimum Gasteiger partial charge on any atom is -0.308 e. The summed E-state index contributed by atoms with van der Waals surface area (Å²) in [7, 11) is 0. The highest BCUT2D eigenvalue weighted by Crippen LogP contribution is 2.63. The van der Waals surface area contributed by atoms with E-state index < -0.39 is 0 Å². The van der Waals surface area contributed by atoms with Gasteiger partial charge in [-0.3, -0.25) is 9.69 Å². The average Bonchev–Trinajstić information content (AvgIpc) is 3.16. The minimum absolute atomic E-state index is 0.122. The van der Waals surface area contributed by atoms with E-state index >= 15 is 0 Å². The topological polar surface area (TPSA) is 73.2 Å². The molecule has 0 unspecified atom stereocenters. The summed E-state index contributed by atoms with van der Waals surface area (Å²) in [5.41, 5.74) is 2.30. The van der Waals surface area contributed by atoms with Gasteiger partial charge in [-0.2, -0.15) is 5.26 Å². The van der Waals surface area contributed by atoms with Crippen molar-refractivity contribution >= 4 is 17.5 Å². The molecule has 5 atom stereocenters. The summed E-state index contributed by atoms with van der Waals surface area (Å²) < 4.78 is 0. The molecule has 31 heavy (non-hydrogen) atoms. The number of nitrogens with zero attached hydrogens (tertiary/aromatic N) is 2. The summed E-state index contributed by atoms with van der Waals surface area (Å²) in [5, 5.41) is 12.2. The van der Waals surface area contributed by atoms with Crippen molar-refractivity contribution in [3.05, 3.63) is 41.6 Å². The Bertz CT molecular complexity index is 1010. The van der Waals surface area contributed by atoms with Crippen LogP contribution in [-0.2, 0) is 4.79 Å². The van der Waals surface area contributed by atoms with Crippen molar-refractivity contribution in [1.82, 2.24) is 4.90 Å². The minimum atomic E-state index is -0.189. The second-order valence-corrected chi connectivity index (χ2v) is 10.6. The van der Waals surface area contributed by atoms with Gasteiger partial charge in [0.05, 0.1) is 11.6 Å². The van der Waals surface area contributed by atoms with Crippen LogP contribution in [0.1, 0.15) is 64.4 Å². The lowest BCUT2D eigenvalue weighted by atomic mass is 9.50. The quantitative estimate of drug-likeness (QED) is 0.656. The molecular weight excluding hydrogens is 386 g/mol. The van der Waals surface area contributed by atoms with Crippen LogP contribution < -0.4 is 5.32 Å². The van der Waals surface area contributed by atoms with Crippen molar-refractivity contribution < 1.29 is 9.59 Å². The van der Waals surface area contributed by atoms with Crippen LogP contribution in [0.2, 0.25) is 0 Å². The SMILES string of the molecule is C[C@@]12CCC[C@H]1[C@@H]1CN(C(=O)Nc3cccc(C#N)c3)C3=CC(=O)CC[C@]3(C)[C@H]1CC2. The number of nitrogens with one attached hydrogen (secondary N) is 1. The number of likely N-dealkylation sites (tertiary alicyclic amines) is 1. The molecule has 1 aliphatic heterocycles. The Morgan fingerprint density at radius 2 is 2.03 bits per heavy atom. The van der Waals surface area contributed by atoms with Gasteiger partial charge in [0.1, 0.15) is 0 Å². The van der Waals surface area contributed by atoms with E-state index in [1.807, 2.05) is 4.90 Å². The first-order valence-corrected chi connectivity index (χ1v) is 11.7. The summed E-state index contributed by atoms with van der Waals surface area (Å²) in [5.74, 6) is 1.79. The van der Waals surface area contributed by atoms with Crippen LogP contribution in [-0.4, -0.2) is 23.3 Å². The van der Waals surface area contributed by atoms with Crippen molar-refractivity contribution in [2.24, 2.45) is 28.6 Å². The number of allylic oxidation sites excluding steroid dienone is 2. The lowest BCUT2D eigenvalue weighted by molar-refractivity contribution is -0.118. The largest absolute Gasteiger partial charge is 0.326 e. The number of benzene rings is 1. The van der Waals surface area contributed by atoms with Crippen molar-refractivity contribution in [2.75, 3.05) is 11.9 Å². The van der Waals surface area contributed by atoms with E-state index in [9.17, 15) is 14.9 Å². The zero-order valence-electron chi connectivity index (χ0n) is 18.5. The molecule has 0 spiro atoms. The number of carbonyl (C=O) groups is 2. The molecule has 5 rings (SSSR count). The molecule has 162 valence electrons. The van der Waals surface area contributed by atoms with Crippen molar-refractivity contribution in [3.63, 3.8) is 0 Å². The number of fused-ring (bicyclic) bond motifs is 5. The Morgan fingerprint density at radius 1 is 1.19 bits per heavy atom. The number of ketones is 1. The summed E-state index contributed by atoms with van der Waals surface area (Å²) in [6.45, 7) is 5.43. The molecule has 1 aromatic rings. The first kappa shape index (κ1) is 20.3. The van der Waals surface area contributed by atoms with Gasteiger partial charge < -0.3 is 5.32 Å². The maximum Gasteiger partial charge on any atom is 0.326 e. The van der Waals surface area contributed by atoms with Crippen LogP contribution in [0.3, 0.4) is 0 Å². The van der Waals surface area contributed by atoms with Crippen molar-refractivity contribution in [2.45, 2.75) is 58.8 Å². The number of hydrogen-bond acceptors (Lipinski definition) is 3. The first-order valence-electron chi connectivity index (χ1n) is 11.7. The monoisotopic (exact) mass is 417 g/mol. The molecule has 0 aromatic heterocycles. The molecule has 2 amide bonds. The van der Waals surface area contributed by atoms with E-state index in [-0.39, 0.29) is 17.2 Å². The fourth-order valence-corrected chi connectivity index (χ4v) is 7.35. The van der Waals surface area contributed by atoms with E-state index in [1.54, 1.807) is 30.3 Å². The molecule has 0 bridgehead atoms. The predicted octanol–water partition coefficient (Wildman–Crippen LogP) is 5.49. The molecule has 2 saturated carbocycles. The number of amides is 2. The van der Waals surface area contributed by atoms with Crippen LogP contribution in [0.25, 0.3) is 0 Å². The van der Waals surface area contributed by atoms with Gasteiger partial charge in [-0.05, 0) is 73.5 Å². The maximum atomic E-state index is 13.5. The highest BCUT2D eigenvalue weighted by molar-refractivity contribution is 5.95. The Morgan fingerprint density at radius 3 is 2.84 bits per heavy atom. The molecule has 1 aromatic carbocycles. The summed E-state index contributed by atoms with van der Waals surface area (Å²) in [6, 6.07) is 8.94. The maximum absolute atomic E-state index is 13.5. The van der Waals surface area contributed by atoms with Crippen LogP contribution in [0, 0.1) is 39.9 Å². The number of nitriles is 1. The van der Waals surface area contributed by atoms with E-state index in [2.05, 4.69) is 25.2 Å². The normalized spacial score (nSPS) is 36.5. The molecule has 0 radical (unpaired) electrons. The highest BCUT2D eigenvalue weighted by atomic mass is 16.2. The fourth-order valence-electron chi connectivity index (χ4n) is 7.35. The molecule has 1 saturated heterocycles. The molecule has 1 N–H and O–H groups in total. The Kier molecular flexibility index (Phi) is 4.73. The van der Waals surface area contributed by atoms with Gasteiger partial charge in [0.2, 0.25) is 0 Å². The molecule has 3 fully saturated rings. The molecular formula is C26H31N3O2. The second kappa shape index (κ2) is 7.22. The van der Waals surface area contributed by atoms with E-state index in [4.69, 9.17) is 0 Å². The van der Waals surface area contributed by atoms with Gasteiger partial charge in [0.15, 0.2) is 5.78 Å². The molecule has 5 heteroatoms. The van der Waals surface area contributed by atoms with Crippen LogP contribution in [0.5, 0.6) is 0 Å². The van der Waals surface area contributed by atoms with Crippen LogP contribution >= 0.6 is 0 Å². The Balaban J connectivity index is 1.50. The fraction of sp³-hybridized carbons (Fsp3) is 0.577. The van der Waals surface area contributed by atoms with Gasteiger partial charge in [-0.15, -0.1) is 0 Å². The third-order valence-electron chi connectivity index (χ3n) is 8.98. The average molecular weight is 418 g/mol. The lowest BCUT2D eigenvalue weighted by Gasteiger charge is -2.59. The van der Waals surface area contributed by atoms with Crippen LogP contribution in [0.4, 0.5) is 10.5 Å². The summed E-state index contributed by atoms with van der Waals surface area (Å²) >= 11 is 0. The highest BCUT2D eigenvalue weighted by Gasteiger charge is 2.58. The van der Waals surface area contributed by atoms with Gasteiger partial charge in [-0.1, -0.05) is 26.3 Å². The molecule has 5 nitrogen and oxygen atoms in total. The number of piperidine rings is 1. The number of carbonyl (C=O) groups excluding carboxylic acids is 2. The molecule has 4 aliphatic rings. The summed E-state index contributed by atoms with van der Waals surface area (Å²) in [6.07, 6.45) is 9.45. The summed E-state index contributed by atoms with van der Waals surface area (Å²) in [4.78, 5) is 27.8. The van der Waals surface area contributed by atoms with E-state index in [0.29, 0.717) is 47.4 Å². The predicted molar refractivity (Wildman–Crippen MR) is 119 cm³/mol. The number of hydrogen-bond donors (Lipinski definition) is 1. The van der Waals surface area contributed by atoms with Crippen molar-refractivity contribution in [1.29, 1.82) is 5.26 Å². The first-order chi connectivity index (χ1) is 14.8. The van der Waals surface area contributed by atoms with Gasteiger partial charge in [-0.25, -0.2) is 4.79 Å². The zero-order valence-corrected chi connectivity index (χ0v) is 18.5.